The number of carbonyl (C=O) groups excluding carboxylic acids is 1. The molecule has 0 unspecified atom stereocenters. The van der Waals surface area contributed by atoms with Crippen LogP contribution in [0.3, 0.4) is 0 Å². The molecule has 0 aliphatic rings. The van der Waals surface area contributed by atoms with Gasteiger partial charge in [-0.2, -0.15) is 0 Å². The lowest BCUT2D eigenvalue weighted by Gasteiger charge is -2.20. The summed E-state index contributed by atoms with van der Waals surface area (Å²) < 4.78 is 5.66. The molecule has 1 atom stereocenters. The fourth-order valence-corrected chi connectivity index (χ4v) is 3.75. The smallest absolute Gasteiger partial charge is 0.246 e. The number of amides is 1. The maximum atomic E-state index is 13.2. The van der Waals surface area contributed by atoms with Crippen LogP contribution in [0, 0.1) is 0 Å². The van der Waals surface area contributed by atoms with E-state index in [9.17, 15) is 4.79 Å². The van der Waals surface area contributed by atoms with Crippen molar-refractivity contribution in [2.75, 3.05) is 18.5 Å². The molecule has 1 amide bonds. The highest BCUT2D eigenvalue weighted by Gasteiger charge is 2.21. The molecule has 4 rings (SSSR count). The van der Waals surface area contributed by atoms with Crippen molar-refractivity contribution in [1.29, 1.82) is 0 Å². The lowest BCUT2D eigenvalue weighted by atomic mass is 10.0. The summed E-state index contributed by atoms with van der Waals surface area (Å²) in [5.41, 5.74) is 3.96. The third-order valence-electron chi connectivity index (χ3n) is 5.26. The van der Waals surface area contributed by atoms with Crippen molar-refractivity contribution >= 4 is 22.5 Å². The van der Waals surface area contributed by atoms with Gasteiger partial charge in [-0.25, -0.2) is 0 Å². The van der Waals surface area contributed by atoms with Crippen LogP contribution in [0.4, 0.5) is 5.69 Å². The molecule has 158 valence electrons. The van der Waals surface area contributed by atoms with Crippen LogP contribution in [0.25, 0.3) is 10.9 Å². The number of aromatic nitrogens is 1. The topological polar surface area (TPSA) is 66.2 Å². The molecule has 0 saturated heterocycles. The van der Waals surface area contributed by atoms with Crippen molar-refractivity contribution in [3.63, 3.8) is 0 Å². The number of H-pyrrole nitrogens is 1. The first-order valence-electron chi connectivity index (χ1n) is 10.6. The van der Waals surface area contributed by atoms with Crippen molar-refractivity contribution < 1.29 is 9.53 Å². The Morgan fingerprint density at radius 3 is 2.55 bits per heavy atom. The van der Waals surface area contributed by atoms with E-state index in [1.807, 2.05) is 79.9 Å². The van der Waals surface area contributed by atoms with Crippen LogP contribution in [-0.4, -0.2) is 24.0 Å². The van der Waals surface area contributed by atoms with Crippen molar-refractivity contribution in [2.24, 2.45) is 0 Å². The number of hydrogen-bond acceptors (Lipinski definition) is 3. The zero-order chi connectivity index (χ0) is 21.5. The number of nitrogens with one attached hydrogen (secondary N) is 3. The van der Waals surface area contributed by atoms with Gasteiger partial charge in [0.15, 0.2) is 0 Å². The zero-order valence-corrected chi connectivity index (χ0v) is 17.6. The lowest BCUT2D eigenvalue weighted by Crippen LogP contribution is -2.34. The second-order valence-electron chi connectivity index (χ2n) is 7.33. The number of para-hydroxylation sites is 3. The molecule has 0 fully saturated rings. The normalized spacial score (nSPS) is 11.9. The average molecular weight is 414 g/mol. The van der Waals surface area contributed by atoms with Crippen LogP contribution in [0.1, 0.15) is 24.1 Å². The Kier molecular flexibility index (Phi) is 6.65. The molecular weight excluding hydrogens is 386 g/mol. The molecule has 0 radical (unpaired) electrons. The van der Waals surface area contributed by atoms with Crippen LogP contribution in [0.2, 0.25) is 0 Å². The maximum absolute atomic E-state index is 13.2. The van der Waals surface area contributed by atoms with Crippen molar-refractivity contribution in [2.45, 2.75) is 19.4 Å². The van der Waals surface area contributed by atoms with E-state index < -0.39 is 6.04 Å². The summed E-state index contributed by atoms with van der Waals surface area (Å²) in [4.78, 5) is 16.5. The van der Waals surface area contributed by atoms with Crippen molar-refractivity contribution in [3.8, 4) is 5.75 Å². The number of fused-ring (bicyclic) bond motifs is 1. The van der Waals surface area contributed by atoms with Gasteiger partial charge in [0.1, 0.15) is 11.8 Å². The molecule has 5 heteroatoms. The van der Waals surface area contributed by atoms with Gasteiger partial charge in [-0.3, -0.25) is 4.79 Å². The lowest BCUT2D eigenvalue weighted by molar-refractivity contribution is -0.118. The monoisotopic (exact) mass is 413 g/mol. The molecule has 5 nitrogen and oxygen atoms in total. The minimum absolute atomic E-state index is 0.114. The summed E-state index contributed by atoms with van der Waals surface area (Å²) in [7, 11) is 0. The van der Waals surface area contributed by atoms with Gasteiger partial charge in [-0.15, -0.1) is 0 Å². The molecule has 0 saturated carbocycles. The van der Waals surface area contributed by atoms with Gasteiger partial charge in [0.25, 0.3) is 0 Å². The van der Waals surface area contributed by atoms with Gasteiger partial charge in [0, 0.05) is 23.6 Å². The molecule has 3 N–H and O–H groups in total. The summed E-state index contributed by atoms with van der Waals surface area (Å²) in [5, 5.41) is 7.70. The third-order valence-corrected chi connectivity index (χ3v) is 5.26. The van der Waals surface area contributed by atoms with Crippen LogP contribution in [-0.2, 0) is 11.2 Å². The molecule has 0 aliphatic heterocycles. The van der Waals surface area contributed by atoms with Gasteiger partial charge in [-0.05, 0) is 42.7 Å². The summed E-state index contributed by atoms with van der Waals surface area (Å²) in [6, 6.07) is 25.1. The Morgan fingerprint density at radius 2 is 1.71 bits per heavy atom. The van der Waals surface area contributed by atoms with Crippen LogP contribution >= 0.6 is 0 Å². The van der Waals surface area contributed by atoms with E-state index in [2.05, 4.69) is 27.8 Å². The molecular formula is C26H27N3O2. The third kappa shape index (κ3) is 4.95. The molecule has 3 aromatic carbocycles. The number of carbonyl (C=O) groups is 1. The van der Waals surface area contributed by atoms with E-state index >= 15 is 0 Å². The first-order chi connectivity index (χ1) is 15.3. The van der Waals surface area contributed by atoms with E-state index in [4.69, 9.17) is 4.74 Å². The van der Waals surface area contributed by atoms with Gasteiger partial charge in [0.2, 0.25) is 5.91 Å². The highest BCUT2D eigenvalue weighted by molar-refractivity contribution is 5.96. The number of benzene rings is 3. The van der Waals surface area contributed by atoms with Gasteiger partial charge in [0.05, 0.1) is 12.3 Å². The number of ether oxygens (including phenoxy) is 1. The molecule has 4 aromatic rings. The van der Waals surface area contributed by atoms with E-state index in [-0.39, 0.29) is 5.91 Å². The Morgan fingerprint density at radius 1 is 0.968 bits per heavy atom. The Bertz CT molecular complexity index is 1140. The SMILES string of the molecule is CCOc1ccccc1NC(=O)[C@H](NCCc1c[nH]c2ccccc12)c1ccccc1. The van der Waals surface area contributed by atoms with Gasteiger partial charge in [-0.1, -0.05) is 60.7 Å². The molecule has 31 heavy (non-hydrogen) atoms. The number of rotatable bonds is 9. The Labute approximate surface area is 182 Å². The summed E-state index contributed by atoms with van der Waals surface area (Å²) in [5.74, 6) is 0.557. The molecule has 1 heterocycles. The maximum Gasteiger partial charge on any atom is 0.246 e. The van der Waals surface area contributed by atoms with Crippen LogP contribution in [0.5, 0.6) is 5.75 Å². The largest absolute Gasteiger partial charge is 0.492 e. The standard InChI is InChI=1S/C26H27N3O2/c1-2-31-24-15-9-8-14-23(24)29-26(30)25(19-10-4-3-5-11-19)27-17-16-20-18-28-22-13-7-6-12-21(20)22/h3-15,18,25,27-28H,2,16-17H2,1H3,(H,29,30)/t25-/m1/s1. The Balaban J connectivity index is 1.49. The number of hydrogen-bond donors (Lipinski definition) is 3. The van der Waals surface area contributed by atoms with E-state index in [0.717, 1.165) is 17.5 Å². The van der Waals surface area contributed by atoms with Crippen molar-refractivity contribution in [1.82, 2.24) is 10.3 Å². The second-order valence-corrected chi connectivity index (χ2v) is 7.33. The predicted octanol–water partition coefficient (Wildman–Crippen LogP) is 5.08. The molecule has 0 bridgehead atoms. The molecule has 0 aliphatic carbocycles. The fraction of sp³-hybridized carbons (Fsp3) is 0.192. The average Bonchev–Trinajstić information content (AvgIpc) is 3.22. The van der Waals surface area contributed by atoms with Gasteiger partial charge >= 0.3 is 0 Å². The van der Waals surface area contributed by atoms with E-state index in [1.54, 1.807) is 0 Å². The summed E-state index contributed by atoms with van der Waals surface area (Å²) in [6.45, 7) is 3.14. The molecule has 1 aromatic heterocycles. The highest BCUT2D eigenvalue weighted by atomic mass is 16.5. The van der Waals surface area contributed by atoms with Crippen LogP contribution in [0.15, 0.2) is 85.1 Å². The zero-order valence-electron chi connectivity index (χ0n) is 17.6. The second kappa shape index (κ2) is 9.96. The van der Waals surface area contributed by atoms with E-state index in [1.165, 1.54) is 10.9 Å². The van der Waals surface area contributed by atoms with Gasteiger partial charge < -0.3 is 20.4 Å². The first-order valence-corrected chi connectivity index (χ1v) is 10.6. The van der Waals surface area contributed by atoms with Crippen LogP contribution < -0.4 is 15.4 Å². The minimum Gasteiger partial charge on any atom is -0.492 e. The minimum atomic E-state index is -0.471. The summed E-state index contributed by atoms with van der Waals surface area (Å²) >= 11 is 0. The first kappa shape index (κ1) is 20.7. The Hall–Kier alpha value is -3.57. The highest BCUT2D eigenvalue weighted by Crippen LogP contribution is 2.25. The quantitative estimate of drug-likeness (QED) is 0.359. The number of aromatic amines is 1. The van der Waals surface area contributed by atoms with E-state index in [0.29, 0.717) is 24.6 Å². The fourth-order valence-electron chi connectivity index (χ4n) is 3.75. The number of anilines is 1. The van der Waals surface area contributed by atoms with Crippen molar-refractivity contribution in [3.05, 3.63) is 96.2 Å². The summed E-state index contributed by atoms with van der Waals surface area (Å²) in [6.07, 6.45) is 2.86. The molecule has 0 spiro atoms. The predicted molar refractivity (Wildman–Crippen MR) is 125 cm³/mol.